The average Bonchev–Trinajstić information content (AvgIpc) is 3.32. The highest BCUT2D eigenvalue weighted by Crippen LogP contribution is 2.41. The van der Waals surface area contributed by atoms with Crippen LogP contribution in [0.5, 0.6) is 0 Å². The summed E-state index contributed by atoms with van der Waals surface area (Å²) in [6.07, 6.45) is 3.78. The van der Waals surface area contributed by atoms with Crippen LogP contribution >= 0.6 is 0 Å². The SMILES string of the molecule is O=C(CCN1C(=O)c2ccccc2[C@H]1c1c[nH]c2ccccc12)Nc1ccccn1. The summed E-state index contributed by atoms with van der Waals surface area (Å²) >= 11 is 0. The number of aromatic nitrogens is 2. The highest BCUT2D eigenvalue weighted by Gasteiger charge is 2.38. The molecule has 5 rings (SSSR count). The van der Waals surface area contributed by atoms with E-state index in [0.717, 1.165) is 22.0 Å². The third-order valence-electron chi connectivity index (χ3n) is 5.49. The van der Waals surface area contributed by atoms with E-state index in [0.29, 0.717) is 17.9 Å². The maximum Gasteiger partial charge on any atom is 0.255 e. The molecule has 1 aliphatic rings. The lowest BCUT2D eigenvalue weighted by molar-refractivity contribution is -0.116. The van der Waals surface area contributed by atoms with Crippen molar-refractivity contribution in [3.63, 3.8) is 0 Å². The van der Waals surface area contributed by atoms with Crippen LogP contribution in [0.1, 0.15) is 33.9 Å². The van der Waals surface area contributed by atoms with E-state index in [9.17, 15) is 9.59 Å². The molecule has 30 heavy (non-hydrogen) atoms. The number of nitrogens with zero attached hydrogens (tertiary/aromatic N) is 2. The molecule has 0 radical (unpaired) electrons. The maximum absolute atomic E-state index is 13.2. The Morgan fingerprint density at radius 3 is 2.67 bits per heavy atom. The Bertz CT molecular complexity index is 1230. The van der Waals surface area contributed by atoms with Gasteiger partial charge in [0.05, 0.1) is 6.04 Å². The summed E-state index contributed by atoms with van der Waals surface area (Å²) in [6, 6.07) is 20.8. The summed E-state index contributed by atoms with van der Waals surface area (Å²) in [5.74, 6) is 0.286. The minimum atomic E-state index is -0.229. The van der Waals surface area contributed by atoms with Gasteiger partial charge in [-0.2, -0.15) is 0 Å². The van der Waals surface area contributed by atoms with Gasteiger partial charge in [0.25, 0.3) is 5.91 Å². The molecule has 6 nitrogen and oxygen atoms in total. The first kappa shape index (κ1) is 18.1. The molecule has 0 unspecified atom stereocenters. The van der Waals surface area contributed by atoms with Crippen molar-refractivity contribution in [2.45, 2.75) is 12.5 Å². The van der Waals surface area contributed by atoms with Crippen molar-refractivity contribution >= 4 is 28.5 Å². The molecule has 1 atom stereocenters. The van der Waals surface area contributed by atoms with Crippen LogP contribution < -0.4 is 5.32 Å². The van der Waals surface area contributed by atoms with Gasteiger partial charge in [-0.1, -0.05) is 42.5 Å². The van der Waals surface area contributed by atoms with Crippen molar-refractivity contribution in [3.8, 4) is 0 Å². The molecule has 0 spiro atoms. The molecular formula is C24H20N4O2. The van der Waals surface area contributed by atoms with Gasteiger partial charge in [-0.25, -0.2) is 4.98 Å². The van der Waals surface area contributed by atoms with E-state index in [1.165, 1.54) is 0 Å². The minimum Gasteiger partial charge on any atom is -0.361 e. The number of pyridine rings is 1. The molecule has 2 aromatic heterocycles. The molecule has 2 amide bonds. The van der Waals surface area contributed by atoms with E-state index >= 15 is 0 Å². The normalized spacial score (nSPS) is 15.4. The molecule has 2 aromatic carbocycles. The molecule has 4 aromatic rings. The van der Waals surface area contributed by atoms with Gasteiger partial charge in [-0.3, -0.25) is 9.59 Å². The lowest BCUT2D eigenvalue weighted by Crippen LogP contribution is -2.32. The molecule has 3 heterocycles. The molecule has 0 fully saturated rings. The fourth-order valence-corrected chi connectivity index (χ4v) is 4.12. The molecule has 2 N–H and O–H groups in total. The number of para-hydroxylation sites is 1. The summed E-state index contributed by atoms with van der Waals surface area (Å²) in [6.45, 7) is 0.316. The predicted octanol–water partition coefficient (Wildman–Crippen LogP) is 4.14. The Labute approximate surface area is 173 Å². The van der Waals surface area contributed by atoms with Crippen LogP contribution in [0.2, 0.25) is 0 Å². The van der Waals surface area contributed by atoms with Gasteiger partial charge in [-0.15, -0.1) is 0 Å². The Hall–Kier alpha value is -3.93. The van der Waals surface area contributed by atoms with Gasteiger partial charge >= 0.3 is 0 Å². The number of anilines is 1. The summed E-state index contributed by atoms with van der Waals surface area (Å²) < 4.78 is 0. The van der Waals surface area contributed by atoms with Crippen molar-refractivity contribution in [3.05, 3.63) is 95.8 Å². The topological polar surface area (TPSA) is 78.1 Å². The zero-order chi connectivity index (χ0) is 20.5. The highest BCUT2D eigenvalue weighted by molar-refractivity contribution is 6.01. The van der Waals surface area contributed by atoms with E-state index in [2.05, 4.69) is 21.4 Å². The molecule has 148 valence electrons. The van der Waals surface area contributed by atoms with Gasteiger partial charge in [0.15, 0.2) is 0 Å². The van der Waals surface area contributed by atoms with E-state index in [4.69, 9.17) is 0 Å². The first-order chi connectivity index (χ1) is 14.7. The number of hydrogen-bond acceptors (Lipinski definition) is 3. The van der Waals surface area contributed by atoms with Gasteiger partial charge < -0.3 is 15.2 Å². The third-order valence-corrected chi connectivity index (χ3v) is 5.49. The number of aromatic amines is 1. The van der Waals surface area contributed by atoms with Crippen molar-refractivity contribution in [2.75, 3.05) is 11.9 Å². The summed E-state index contributed by atoms with van der Waals surface area (Å²) in [7, 11) is 0. The third kappa shape index (κ3) is 3.12. The predicted molar refractivity (Wildman–Crippen MR) is 115 cm³/mol. The van der Waals surface area contributed by atoms with Crippen LogP contribution in [0, 0.1) is 0 Å². The number of carbonyl (C=O) groups excluding carboxylic acids is 2. The van der Waals surface area contributed by atoms with Crippen LogP contribution in [-0.2, 0) is 4.79 Å². The fraction of sp³-hybridized carbons (Fsp3) is 0.125. The van der Waals surface area contributed by atoms with E-state index in [1.54, 1.807) is 23.2 Å². The smallest absolute Gasteiger partial charge is 0.255 e. The van der Waals surface area contributed by atoms with Gasteiger partial charge in [0.1, 0.15) is 5.82 Å². The van der Waals surface area contributed by atoms with Crippen LogP contribution in [-0.4, -0.2) is 33.2 Å². The number of rotatable bonds is 5. The summed E-state index contributed by atoms with van der Waals surface area (Å²) in [5.41, 5.74) is 3.72. The first-order valence-corrected chi connectivity index (χ1v) is 9.89. The summed E-state index contributed by atoms with van der Waals surface area (Å²) in [4.78, 5) is 34.9. The molecular weight excluding hydrogens is 376 g/mol. The van der Waals surface area contributed by atoms with E-state index < -0.39 is 0 Å². The second kappa shape index (κ2) is 7.48. The average molecular weight is 396 g/mol. The molecule has 0 saturated heterocycles. The zero-order valence-electron chi connectivity index (χ0n) is 16.2. The standard InChI is InChI=1S/C24H20N4O2/c29-22(27-21-11-5-6-13-25-21)12-14-28-23(17-8-1-2-9-18(17)24(28)30)19-15-26-20-10-4-3-7-16(19)20/h1-11,13,15,23,26H,12,14H2,(H,25,27,29)/t23-/m0/s1. The van der Waals surface area contributed by atoms with E-state index in [-0.39, 0.29) is 24.3 Å². The molecule has 1 aliphatic heterocycles. The molecule has 0 saturated carbocycles. The van der Waals surface area contributed by atoms with Crippen molar-refractivity contribution in [1.82, 2.24) is 14.9 Å². The van der Waals surface area contributed by atoms with Crippen molar-refractivity contribution in [1.29, 1.82) is 0 Å². The number of nitrogens with one attached hydrogen (secondary N) is 2. The molecule has 0 bridgehead atoms. The Morgan fingerprint density at radius 2 is 1.80 bits per heavy atom. The lowest BCUT2D eigenvalue weighted by Gasteiger charge is -2.25. The monoisotopic (exact) mass is 396 g/mol. The van der Waals surface area contributed by atoms with E-state index in [1.807, 2.05) is 54.7 Å². The first-order valence-electron chi connectivity index (χ1n) is 9.89. The Balaban J connectivity index is 1.44. The Morgan fingerprint density at radius 1 is 1.00 bits per heavy atom. The second-order valence-corrected chi connectivity index (χ2v) is 7.29. The number of fused-ring (bicyclic) bond motifs is 2. The zero-order valence-corrected chi connectivity index (χ0v) is 16.2. The number of amides is 2. The lowest BCUT2D eigenvalue weighted by atomic mass is 9.97. The van der Waals surface area contributed by atoms with Crippen molar-refractivity contribution in [2.24, 2.45) is 0 Å². The molecule has 6 heteroatoms. The number of hydrogen-bond donors (Lipinski definition) is 2. The quantitative estimate of drug-likeness (QED) is 0.532. The van der Waals surface area contributed by atoms with Crippen LogP contribution in [0.15, 0.2) is 79.1 Å². The second-order valence-electron chi connectivity index (χ2n) is 7.29. The fourth-order valence-electron chi connectivity index (χ4n) is 4.12. The number of carbonyl (C=O) groups is 2. The molecule has 0 aliphatic carbocycles. The minimum absolute atomic E-state index is 0.0495. The number of H-pyrrole nitrogens is 1. The van der Waals surface area contributed by atoms with Gasteiger partial charge in [0.2, 0.25) is 5.91 Å². The highest BCUT2D eigenvalue weighted by atomic mass is 16.2. The largest absolute Gasteiger partial charge is 0.361 e. The van der Waals surface area contributed by atoms with Crippen molar-refractivity contribution < 1.29 is 9.59 Å². The summed E-state index contributed by atoms with van der Waals surface area (Å²) in [5, 5.41) is 3.87. The Kier molecular flexibility index (Phi) is 4.52. The van der Waals surface area contributed by atoms with Crippen LogP contribution in [0.4, 0.5) is 5.82 Å². The van der Waals surface area contributed by atoms with Crippen LogP contribution in [0.3, 0.4) is 0 Å². The van der Waals surface area contributed by atoms with Gasteiger partial charge in [-0.05, 0) is 29.8 Å². The maximum atomic E-state index is 13.2. The van der Waals surface area contributed by atoms with Crippen LogP contribution in [0.25, 0.3) is 10.9 Å². The number of benzene rings is 2. The van der Waals surface area contributed by atoms with Gasteiger partial charge in [0, 0.05) is 47.4 Å².